The number of hydrogen-bond acceptors (Lipinski definition) is 2. The van der Waals surface area contributed by atoms with E-state index in [1.54, 1.807) is 0 Å². The molecule has 0 fully saturated rings. The molecule has 1 heterocycles. The summed E-state index contributed by atoms with van der Waals surface area (Å²) < 4.78 is 18.4. The average Bonchev–Trinajstić information content (AvgIpc) is 2.20. The van der Waals surface area contributed by atoms with Crippen LogP contribution in [-0.2, 0) is 6.42 Å². The monoisotopic (exact) mass is 197 g/mol. The second-order valence-corrected chi connectivity index (χ2v) is 3.31. The molecule has 1 rings (SSSR count). The zero-order valence-electron chi connectivity index (χ0n) is 8.88. The minimum atomic E-state index is -0.307. The summed E-state index contributed by atoms with van der Waals surface area (Å²) >= 11 is 0. The lowest BCUT2D eigenvalue weighted by atomic mass is 10.2. The number of aromatic nitrogens is 1. The van der Waals surface area contributed by atoms with Gasteiger partial charge >= 0.3 is 0 Å². The third-order valence-corrected chi connectivity index (χ3v) is 2.16. The Balaban J connectivity index is 2.85. The van der Waals surface area contributed by atoms with Crippen molar-refractivity contribution in [3.05, 3.63) is 23.6 Å². The molecule has 0 unspecified atom stereocenters. The molecule has 0 amide bonds. The lowest BCUT2D eigenvalue weighted by Gasteiger charge is -2.14. The van der Waals surface area contributed by atoms with E-state index in [4.69, 9.17) is 4.74 Å². The van der Waals surface area contributed by atoms with Crippen molar-refractivity contribution >= 4 is 0 Å². The standard InChI is InChI=1S/C11H16FNO/c1-4-8(3)14-11-9(5-2)6-10(12)7-13-11/h6-8H,4-5H2,1-3H3/t8-/m0/s1. The van der Waals surface area contributed by atoms with Crippen LogP contribution in [0.15, 0.2) is 12.3 Å². The molecule has 14 heavy (non-hydrogen) atoms. The minimum absolute atomic E-state index is 0.123. The van der Waals surface area contributed by atoms with Gasteiger partial charge in [-0.05, 0) is 25.8 Å². The molecule has 3 heteroatoms. The van der Waals surface area contributed by atoms with Crippen LogP contribution in [0.5, 0.6) is 5.88 Å². The molecule has 1 aromatic heterocycles. The highest BCUT2D eigenvalue weighted by Crippen LogP contribution is 2.18. The first-order chi connectivity index (χ1) is 6.67. The van der Waals surface area contributed by atoms with Gasteiger partial charge in [0.15, 0.2) is 0 Å². The first kappa shape index (κ1) is 11.0. The number of pyridine rings is 1. The van der Waals surface area contributed by atoms with Gasteiger partial charge in [0.05, 0.1) is 12.3 Å². The van der Waals surface area contributed by atoms with Gasteiger partial charge in [0.25, 0.3) is 0 Å². The van der Waals surface area contributed by atoms with Gasteiger partial charge in [-0.15, -0.1) is 0 Å². The van der Waals surface area contributed by atoms with Gasteiger partial charge in [-0.1, -0.05) is 13.8 Å². The van der Waals surface area contributed by atoms with Gasteiger partial charge < -0.3 is 4.74 Å². The van der Waals surface area contributed by atoms with Crippen molar-refractivity contribution < 1.29 is 9.13 Å². The maximum absolute atomic E-state index is 12.8. The molecule has 0 spiro atoms. The number of hydrogen-bond donors (Lipinski definition) is 0. The van der Waals surface area contributed by atoms with Crippen molar-refractivity contribution in [2.75, 3.05) is 0 Å². The number of rotatable bonds is 4. The quantitative estimate of drug-likeness (QED) is 0.740. The lowest BCUT2D eigenvalue weighted by molar-refractivity contribution is 0.206. The van der Waals surface area contributed by atoms with Crippen molar-refractivity contribution in [2.45, 2.75) is 39.7 Å². The third-order valence-electron chi connectivity index (χ3n) is 2.16. The molecular formula is C11H16FNO. The summed E-state index contributed by atoms with van der Waals surface area (Å²) in [6, 6.07) is 1.48. The Bertz CT molecular complexity index is 301. The molecule has 0 aliphatic rings. The van der Waals surface area contributed by atoms with E-state index in [1.165, 1.54) is 12.3 Å². The van der Waals surface area contributed by atoms with Crippen LogP contribution in [0.1, 0.15) is 32.8 Å². The fraction of sp³-hybridized carbons (Fsp3) is 0.545. The van der Waals surface area contributed by atoms with Gasteiger partial charge in [-0.2, -0.15) is 0 Å². The number of halogens is 1. The van der Waals surface area contributed by atoms with Crippen LogP contribution in [0.3, 0.4) is 0 Å². The van der Waals surface area contributed by atoms with E-state index in [0.717, 1.165) is 18.4 Å². The Kier molecular flexibility index (Phi) is 3.86. The summed E-state index contributed by atoms with van der Waals surface area (Å²) in [6.07, 6.45) is 2.97. The zero-order valence-corrected chi connectivity index (χ0v) is 8.88. The average molecular weight is 197 g/mol. The Hall–Kier alpha value is -1.12. The van der Waals surface area contributed by atoms with E-state index in [1.807, 2.05) is 20.8 Å². The van der Waals surface area contributed by atoms with Crippen molar-refractivity contribution in [3.8, 4) is 5.88 Å². The smallest absolute Gasteiger partial charge is 0.216 e. The Morgan fingerprint density at radius 1 is 1.50 bits per heavy atom. The number of nitrogens with zero attached hydrogens (tertiary/aromatic N) is 1. The van der Waals surface area contributed by atoms with Crippen molar-refractivity contribution in [1.29, 1.82) is 0 Å². The van der Waals surface area contributed by atoms with Crippen LogP contribution in [-0.4, -0.2) is 11.1 Å². The number of ether oxygens (including phenoxy) is 1. The number of aryl methyl sites for hydroxylation is 1. The molecule has 2 nitrogen and oxygen atoms in total. The fourth-order valence-corrected chi connectivity index (χ4v) is 1.10. The molecule has 0 N–H and O–H groups in total. The fourth-order valence-electron chi connectivity index (χ4n) is 1.10. The molecular weight excluding hydrogens is 181 g/mol. The van der Waals surface area contributed by atoms with E-state index in [0.29, 0.717) is 5.88 Å². The molecule has 1 atom stereocenters. The molecule has 0 radical (unpaired) electrons. The predicted octanol–water partition coefficient (Wildman–Crippen LogP) is 2.96. The van der Waals surface area contributed by atoms with Gasteiger partial charge in [-0.3, -0.25) is 0 Å². The zero-order chi connectivity index (χ0) is 10.6. The molecule has 78 valence electrons. The normalized spacial score (nSPS) is 12.6. The van der Waals surface area contributed by atoms with Crippen LogP contribution < -0.4 is 4.74 Å². The van der Waals surface area contributed by atoms with Crippen LogP contribution in [0.2, 0.25) is 0 Å². The SMILES string of the molecule is CCc1cc(F)cnc1O[C@@H](C)CC. The third kappa shape index (κ3) is 2.69. The highest BCUT2D eigenvalue weighted by Gasteiger charge is 2.08. The van der Waals surface area contributed by atoms with E-state index in [-0.39, 0.29) is 11.9 Å². The van der Waals surface area contributed by atoms with E-state index in [9.17, 15) is 4.39 Å². The van der Waals surface area contributed by atoms with Crippen LogP contribution in [0.25, 0.3) is 0 Å². The topological polar surface area (TPSA) is 22.1 Å². The van der Waals surface area contributed by atoms with E-state index in [2.05, 4.69) is 4.98 Å². The van der Waals surface area contributed by atoms with Gasteiger partial charge in [-0.25, -0.2) is 9.37 Å². The molecule has 0 aliphatic heterocycles. The molecule has 0 aromatic carbocycles. The summed E-state index contributed by atoms with van der Waals surface area (Å²) in [5.41, 5.74) is 0.824. The van der Waals surface area contributed by atoms with E-state index < -0.39 is 0 Å². The van der Waals surface area contributed by atoms with Crippen LogP contribution >= 0.6 is 0 Å². The molecule has 0 saturated heterocycles. The predicted molar refractivity (Wildman–Crippen MR) is 54.0 cm³/mol. The lowest BCUT2D eigenvalue weighted by Crippen LogP contribution is -2.12. The van der Waals surface area contributed by atoms with Crippen LogP contribution in [0, 0.1) is 5.82 Å². The first-order valence-electron chi connectivity index (χ1n) is 4.98. The first-order valence-corrected chi connectivity index (χ1v) is 4.98. The summed E-state index contributed by atoms with van der Waals surface area (Å²) in [5, 5.41) is 0. The highest BCUT2D eigenvalue weighted by molar-refractivity contribution is 5.26. The molecule has 1 aromatic rings. The van der Waals surface area contributed by atoms with E-state index >= 15 is 0 Å². The second kappa shape index (κ2) is 4.94. The van der Waals surface area contributed by atoms with Gasteiger partial charge in [0, 0.05) is 5.56 Å². The maximum Gasteiger partial charge on any atom is 0.216 e. The largest absolute Gasteiger partial charge is 0.474 e. The summed E-state index contributed by atoms with van der Waals surface area (Å²) in [7, 11) is 0. The van der Waals surface area contributed by atoms with Crippen molar-refractivity contribution in [3.63, 3.8) is 0 Å². The summed E-state index contributed by atoms with van der Waals surface area (Å²) in [4.78, 5) is 3.94. The highest BCUT2D eigenvalue weighted by atomic mass is 19.1. The Morgan fingerprint density at radius 2 is 2.21 bits per heavy atom. The molecule has 0 bridgehead atoms. The van der Waals surface area contributed by atoms with Crippen LogP contribution in [0.4, 0.5) is 4.39 Å². The molecule has 0 aliphatic carbocycles. The minimum Gasteiger partial charge on any atom is -0.474 e. The van der Waals surface area contributed by atoms with Gasteiger partial charge in [0.1, 0.15) is 5.82 Å². The van der Waals surface area contributed by atoms with Crippen molar-refractivity contribution in [1.82, 2.24) is 4.98 Å². The van der Waals surface area contributed by atoms with Gasteiger partial charge in [0.2, 0.25) is 5.88 Å². The Labute approximate surface area is 84.1 Å². The molecule has 0 saturated carbocycles. The maximum atomic E-state index is 12.8. The Morgan fingerprint density at radius 3 is 2.79 bits per heavy atom. The van der Waals surface area contributed by atoms with Crippen molar-refractivity contribution in [2.24, 2.45) is 0 Å². The summed E-state index contributed by atoms with van der Waals surface area (Å²) in [5.74, 6) is 0.251. The second-order valence-electron chi connectivity index (χ2n) is 3.31. The summed E-state index contributed by atoms with van der Waals surface area (Å²) in [6.45, 7) is 5.98.